The van der Waals surface area contributed by atoms with Gasteiger partial charge in [0.1, 0.15) is 12.3 Å². The molecule has 0 amide bonds. The van der Waals surface area contributed by atoms with E-state index in [2.05, 4.69) is 76.5 Å². The second-order valence-corrected chi connectivity index (χ2v) is 8.97. The van der Waals surface area contributed by atoms with Crippen molar-refractivity contribution in [1.29, 1.82) is 0 Å². The molecule has 2 rings (SSSR count). The van der Waals surface area contributed by atoms with E-state index < -0.39 is 0 Å². The second kappa shape index (κ2) is 12.8. The largest absolute Gasteiger partial charge is 0.465 e. The Morgan fingerprint density at radius 3 is 2.17 bits per heavy atom. The Balaban J connectivity index is 1.85. The molecule has 3 heteroatoms. The van der Waals surface area contributed by atoms with Crippen molar-refractivity contribution < 1.29 is 14.0 Å². The lowest BCUT2D eigenvalue weighted by Crippen LogP contribution is -2.49. The van der Waals surface area contributed by atoms with Gasteiger partial charge in [-0.1, -0.05) is 87.6 Å². The highest BCUT2D eigenvalue weighted by molar-refractivity contribution is 5.33. The first-order valence-corrected chi connectivity index (χ1v) is 11.7. The van der Waals surface area contributed by atoms with Crippen LogP contribution < -0.4 is 4.74 Å². The SMILES string of the molecule is CCCCCCCCc1ccccc1OC(C)OC(C)[N+](C)(C)Cc1ccccc1. The summed E-state index contributed by atoms with van der Waals surface area (Å²) in [5.41, 5.74) is 2.60. The maximum absolute atomic E-state index is 6.27. The molecule has 166 valence electrons. The van der Waals surface area contributed by atoms with Gasteiger partial charge in [-0.3, -0.25) is 9.22 Å². The first-order chi connectivity index (χ1) is 14.4. The Bertz CT molecular complexity index is 714. The van der Waals surface area contributed by atoms with E-state index in [0.717, 1.165) is 23.2 Å². The van der Waals surface area contributed by atoms with Gasteiger partial charge in [0.05, 0.1) is 14.1 Å². The number of hydrogen-bond donors (Lipinski definition) is 0. The molecule has 0 spiro atoms. The van der Waals surface area contributed by atoms with Gasteiger partial charge in [-0.25, -0.2) is 0 Å². The minimum atomic E-state index is -0.293. The van der Waals surface area contributed by atoms with E-state index in [1.807, 2.05) is 13.0 Å². The summed E-state index contributed by atoms with van der Waals surface area (Å²) in [6.07, 6.45) is 8.65. The van der Waals surface area contributed by atoms with Gasteiger partial charge in [0.25, 0.3) is 0 Å². The summed E-state index contributed by atoms with van der Waals surface area (Å²) < 4.78 is 13.2. The Morgan fingerprint density at radius 2 is 1.43 bits per heavy atom. The van der Waals surface area contributed by atoms with Crippen LogP contribution in [-0.2, 0) is 17.7 Å². The molecule has 3 nitrogen and oxygen atoms in total. The minimum absolute atomic E-state index is 0.0194. The fraction of sp³-hybridized carbons (Fsp3) is 0.556. The summed E-state index contributed by atoms with van der Waals surface area (Å²) in [7, 11) is 4.41. The summed E-state index contributed by atoms with van der Waals surface area (Å²) >= 11 is 0. The van der Waals surface area contributed by atoms with Crippen molar-refractivity contribution >= 4 is 0 Å². The monoisotopic (exact) mass is 412 g/mol. The van der Waals surface area contributed by atoms with Crippen LogP contribution >= 0.6 is 0 Å². The number of benzene rings is 2. The number of ether oxygens (including phenoxy) is 2. The summed E-state index contributed by atoms with van der Waals surface area (Å²) in [5.74, 6) is 0.958. The molecule has 2 aromatic rings. The number of unbranched alkanes of at least 4 members (excludes halogenated alkanes) is 5. The highest BCUT2D eigenvalue weighted by atomic mass is 16.7. The topological polar surface area (TPSA) is 18.5 Å². The van der Waals surface area contributed by atoms with Crippen molar-refractivity contribution in [2.45, 2.75) is 84.8 Å². The van der Waals surface area contributed by atoms with Crippen LogP contribution in [0.2, 0.25) is 0 Å². The van der Waals surface area contributed by atoms with E-state index in [1.54, 1.807) is 0 Å². The van der Waals surface area contributed by atoms with Crippen molar-refractivity contribution in [2.75, 3.05) is 14.1 Å². The third-order valence-electron chi connectivity index (χ3n) is 5.87. The third-order valence-corrected chi connectivity index (χ3v) is 5.87. The van der Waals surface area contributed by atoms with E-state index in [-0.39, 0.29) is 12.5 Å². The van der Waals surface area contributed by atoms with E-state index in [1.165, 1.54) is 49.7 Å². The second-order valence-electron chi connectivity index (χ2n) is 8.97. The number of aryl methyl sites for hydroxylation is 1. The van der Waals surface area contributed by atoms with Gasteiger partial charge in [0, 0.05) is 12.5 Å². The molecule has 0 heterocycles. The number of hydrogen-bond acceptors (Lipinski definition) is 2. The van der Waals surface area contributed by atoms with Crippen LogP contribution in [-0.4, -0.2) is 31.1 Å². The normalized spacial score (nSPS) is 13.8. The van der Waals surface area contributed by atoms with Crippen molar-refractivity contribution in [3.8, 4) is 5.75 Å². The zero-order valence-corrected chi connectivity index (χ0v) is 19.8. The zero-order valence-electron chi connectivity index (χ0n) is 19.8. The zero-order chi connectivity index (χ0) is 21.8. The average molecular weight is 413 g/mol. The van der Waals surface area contributed by atoms with Gasteiger partial charge in [-0.15, -0.1) is 0 Å². The molecule has 0 radical (unpaired) electrons. The highest BCUT2D eigenvalue weighted by Gasteiger charge is 2.27. The molecule has 0 aliphatic heterocycles. The molecular formula is C27H42NO2+. The molecule has 0 bridgehead atoms. The van der Waals surface area contributed by atoms with Gasteiger partial charge in [0.2, 0.25) is 6.29 Å². The first kappa shape index (κ1) is 24.4. The molecule has 2 atom stereocenters. The van der Waals surface area contributed by atoms with Crippen LogP contribution in [0.25, 0.3) is 0 Å². The third kappa shape index (κ3) is 8.49. The first-order valence-electron chi connectivity index (χ1n) is 11.7. The lowest BCUT2D eigenvalue weighted by molar-refractivity contribution is -0.949. The number of rotatable bonds is 14. The molecule has 0 aliphatic rings. The van der Waals surface area contributed by atoms with E-state index >= 15 is 0 Å². The lowest BCUT2D eigenvalue weighted by Gasteiger charge is -2.37. The molecule has 0 saturated heterocycles. The van der Waals surface area contributed by atoms with Crippen LogP contribution in [0, 0.1) is 0 Å². The van der Waals surface area contributed by atoms with Crippen molar-refractivity contribution in [1.82, 2.24) is 0 Å². The predicted octanol–water partition coefficient (Wildman–Crippen LogP) is 6.95. The van der Waals surface area contributed by atoms with E-state index in [0.29, 0.717) is 0 Å². The number of nitrogens with zero attached hydrogens (tertiary/aromatic N) is 1. The summed E-state index contributed by atoms with van der Waals surface area (Å²) in [5, 5.41) is 0. The molecule has 30 heavy (non-hydrogen) atoms. The van der Waals surface area contributed by atoms with Crippen molar-refractivity contribution in [2.24, 2.45) is 0 Å². The molecular weight excluding hydrogens is 370 g/mol. The van der Waals surface area contributed by atoms with Crippen LogP contribution in [0.5, 0.6) is 5.75 Å². The van der Waals surface area contributed by atoms with E-state index in [4.69, 9.17) is 9.47 Å². The lowest BCUT2D eigenvalue weighted by atomic mass is 10.0. The number of quaternary nitrogens is 1. The molecule has 0 N–H and O–H groups in total. The molecule has 2 aromatic carbocycles. The highest BCUT2D eigenvalue weighted by Crippen LogP contribution is 2.24. The van der Waals surface area contributed by atoms with Crippen LogP contribution in [0.4, 0.5) is 0 Å². The number of para-hydroxylation sites is 1. The quantitative estimate of drug-likeness (QED) is 0.190. The average Bonchev–Trinajstić information content (AvgIpc) is 2.72. The predicted molar refractivity (Wildman–Crippen MR) is 126 cm³/mol. The van der Waals surface area contributed by atoms with Crippen LogP contribution in [0.1, 0.15) is 70.4 Å². The molecule has 0 saturated carbocycles. The van der Waals surface area contributed by atoms with Crippen LogP contribution in [0.15, 0.2) is 54.6 Å². The maximum Gasteiger partial charge on any atom is 0.202 e. The van der Waals surface area contributed by atoms with Crippen molar-refractivity contribution in [3.63, 3.8) is 0 Å². The molecule has 0 aliphatic carbocycles. The smallest absolute Gasteiger partial charge is 0.202 e. The fourth-order valence-electron chi connectivity index (χ4n) is 3.75. The van der Waals surface area contributed by atoms with Gasteiger partial charge >= 0.3 is 0 Å². The van der Waals surface area contributed by atoms with Gasteiger partial charge < -0.3 is 4.74 Å². The molecule has 2 unspecified atom stereocenters. The summed E-state index contributed by atoms with van der Waals surface area (Å²) in [6.45, 7) is 7.31. The Kier molecular flexibility index (Phi) is 10.4. The molecule has 0 aromatic heterocycles. The van der Waals surface area contributed by atoms with Gasteiger partial charge in [-0.05, 0) is 31.4 Å². The fourth-order valence-corrected chi connectivity index (χ4v) is 3.75. The maximum atomic E-state index is 6.27. The Morgan fingerprint density at radius 1 is 0.800 bits per heavy atom. The van der Waals surface area contributed by atoms with Gasteiger partial charge in [0.15, 0.2) is 6.23 Å². The summed E-state index contributed by atoms with van der Waals surface area (Å²) in [6, 6.07) is 19.0. The standard InChI is InChI=1S/C27H42NO2/c1-6-7-8-9-10-14-19-26-20-15-16-21-27(26)30-24(3)29-23(2)28(4,5)22-25-17-12-11-13-18-25/h11-13,15-18,20-21,23-24H,6-10,14,19,22H2,1-5H3/q+1. The summed E-state index contributed by atoms with van der Waals surface area (Å²) in [4.78, 5) is 0. The minimum Gasteiger partial charge on any atom is -0.465 e. The van der Waals surface area contributed by atoms with Crippen LogP contribution in [0.3, 0.4) is 0 Å². The van der Waals surface area contributed by atoms with E-state index in [9.17, 15) is 0 Å². The van der Waals surface area contributed by atoms with Crippen molar-refractivity contribution in [3.05, 3.63) is 65.7 Å². The Labute approximate surface area is 184 Å². The van der Waals surface area contributed by atoms with Gasteiger partial charge in [-0.2, -0.15) is 0 Å². The molecule has 0 fully saturated rings. The Hall–Kier alpha value is -1.84.